The van der Waals surface area contributed by atoms with Crippen molar-refractivity contribution < 1.29 is 4.74 Å². The summed E-state index contributed by atoms with van der Waals surface area (Å²) in [6.45, 7) is 3.34. The van der Waals surface area contributed by atoms with Gasteiger partial charge in [-0.2, -0.15) is 0 Å². The van der Waals surface area contributed by atoms with Crippen LogP contribution in [0.2, 0.25) is 5.02 Å². The van der Waals surface area contributed by atoms with Gasteiger partial charge >= 0.3 is 0 Å². The first-order chi connectivity index (χ1) is 9.60. The second kappa shape index (κ2) is 7.53. The molecule has 2 rings (SSSR count). The molecule has 0 bridgehead atoms. The molecule has 2 unspecified atom stereocenters. The van der Waals surface area contributed by atoms with Crippen molar-refractivity contribution in [3.8, 4) is 5.75 Å². The minimum atomic E-state index is 0.366. The molecule has 3 nitrogen and oxygen atoms in total. The van der Waals surface area contributed by atoms with Crippen LogP contribution in [0.15, 0.2) is 16.6 Å². The molecule has 0 aliphatic carbocycles. The van der Waals surface area contributed by atoms with Gasteiger partial charge in [-0.05, 0) is 60.8 Å². The van der Waals surface area contributed by atoms with Crippen LogP contribution in [-0.2, 0) is 0 Å². The lowest BCUT2D eigenvalue weighted by atomic mass is 9.98. The van der Waals surface area contributed by atoms with E-state index < -0.39 is 0 Å². The Hall–Kier alpha value is -0.450. The molecule has 1 aromatic rings. The first kappa shape index (κ1) is 15.9. The summed E-state index contributed by atoms with van der Waals surface area (Å²) in [7, 11) is 1.67. The van der Waals surface area contributed by atoms with Crippen molar-refractivity contribution >= 4 is 33.2 Å². The number of anilines is 1. The van der Waals surface area contributed by atoms with Gasteiger partial charge < -0.3 is 15.4 Å². The molecule has 20 heavy (non-hydrogen) atoms. The Labute approximate surface area is 134 Å². The fourth-order valence-electron chi connectivity index (χ4n) is 2.75. The number of benzene rings is 1. The molecule has 0 aromatic heterocycles. The molecule has 5 heteroatoms. The lowest BCUT2D eigenvalue weighted by Gasteiger charge is -2.27. The highest BCUT2D eigenvalue weighted by Crippen LogP contribution is 2.36. The Balaban J connectivity index is 2.01. The van der Waals surface area contributed by atoms with E-state index in [0.29, 0.717) is 17.1 Å². The number of ether oxygens (including phenoxy) is 1. The fraction of sp³-hybridized carbons (Fsp3) is 0.600. The van der Waals surface area contributed by atoms with E-state index >= 15 is 0 Å². The van der Waals surface area contributed by atoms with Crippen LogP contribution in [0, 0.1) is 0 Å². The molecule has 0 amide bonds. The van der Waals surface area contributed by atoms with Crippen LogP contribution in [-0.4, -0.2) is 25.7 Å². The highest BCUT2D eigenvalue weighted by molar-refractivity contribution is 9.10. The van der Waals surface area contributed by atoms with Gasteiger partial charge in [0.15, 0.2) is 5.75 Å². The normalized spacial score (nSPS) is 20.5. The van der Waals surface area contributed by atoms with Gasteiger partial charge in [0.2, 0.25) is 0 Å². The number of hydrogen-bond acceptors (Lipinski definition) is 3. The molecule has 0 spiro atoms. The average Bonchev–Trinajstić information content (AvgIpc) is 2.39. The standard InChI is InChI=1S/C15H22BrClN2O/c1-10(7-12-5-3-4-6-18-12)19-14-9-11(17)8-13(16)15(14)20-2/h8-10,12,18-19H,3-7H2,1-2H3. The summed E-state index contributed by atoms with van der Waals surface area (Å²) in [5.41, 5.74) is 0.940. The van der Waals surface area contributed by atoms with Crippen LogP contribution in [0.3, 0.4) is 0 Å². The lowest BCUT2D eigenvalue weighted by molar-refractivity contribution is 0.370. The summed E-state index contributed by atoms with van der Waals surface area (Å²) >= 11 is 9.60. The molecule has 1 aliphatic rings. The summed E-state index contributed by atoms with van der Waals surface area (Å²) in [5.74, 6) is 0.804. The smallest absolute Gasteiger partial charge is 0.156 e. The first-order valence-corrected chi connectivity index (χ1v) is 8.30. The number of methoxy groups -OCH3 is 1. The maximum atomic E-state index is 6.12. The summed E-state index contributed by atoms with van der Waals surface area (Å²) in [6, 6.07) is 4.74. The van der Waals surface area contributed by atoms with Crippen molar-refractivity contribution in [3.05, 3.63) is 21.6 Å². The number of piperidine rings is 1. The number of hydrogen-bond donors (Lipinski definition) is 2. The molecular formula is C15H22BrClN2O. The first-order valence-electron chi connectivity index (χ1n) is 7.13. The molecule has 2 atom stereocenters. The van der Waals surface area contributed by atoms with Crippen LogP contribution in [0.5, 0.6) is 5.75 Å². The third kappa shape index (κ3) is 4.27. The molecule has 2 N–H and O–H groups in total. The Morgan fingerprint density at radius 2 is 2.30 bits per heavy atom. The molecule has 0 radical (unpaired) electrons. The van der Waals surface area contributed by atoms with E-state index in [0.717, 1.165) is 28.9 Å². The van der Waals surface area contributed by atoms with Crippen molar-refractivity contribution in [2.24, 2.45) is 0 Å². The van der Waals surface area contributed by atoms with E-state index in [-0.39, 0.29) is 0 Å². The van der Waals surface area contributed by atoms with Gasteiger partial charge in [-0.3, -0.25) is 0 Å². The quantitative estimate of drug-likeness (QED) is 0.813. The van der Waals surface area contributed by atoms with Crippen molar-refractivity contribution in [3.63, 3.8) is 0 Å². The van der Waals surface area contributed by atoms with Gasteiger partial charge in [0.05, 0.1) is 17.3 Å². The van der Waals surface area contributed by atoms with Crippen LogP contribution in [0.25, 0.3) is 0 Å². The molecular weight excluding hydrogens is 340 g/mol. The van der Waals surface area contributed by atoms with Crippen molar-refractivity contribution in [1.29, 1.82) is 0 Å². The third-order valence-corrected chi connectivity index (χ3v) is 4.47. The summed E-state index contributed by atoms with van der Waals surface area (Å²) in [6.07, 6.45) is 5.00. The van der Waals surface area contributed by atoms with Crippen molar-refractivity contribution in [1.82, 2.24) is 5.32 Å². The second-order valence-electron chi connectivity index (χ2n) is 5.40. The van der Waals surface area contributed by atoms with Gasteiger partial charge in [-0.25, -0.2) is 0 Å². The monoisotopic (exact) mass is 360 g/mol. The Bertz CT molecular complexity index is 450. The average molecular weight is 362 g/mol. The van der Waals surface area contributed by atoms with Crippen LogP contribution >= 0.6 is 27.5 Å². The number of nitrogens with one attached hydrogen (secondary N) is 2. The highest BCUT2D eigenvalue weighted by Gasteiger charge is 2.17. The maximum absolute atomic E-state index is 6.12. The van der Waals surface area contributed by atoms with E-state index in [1.54, 1.807) is 7.11 Å². The van der Waals surface area contributed by atoms with E-state index in [2.05, 4.69) is 33.5 Å². The molecule has 1 aliphatic heterocycles. The highest BCUT2D eigenvalue weighted by atomic mass is 79.9. The SMILES string of the molecule is COc1c(Br)cc(Cl)cc1NC(C)CC1CCCCN1. The van der Waals surface area contributed by atoms with Gasteiger partial charge in [0.25, 0.3) is 0 Å². The predicted molar refractivity (Wildman–Crippen MR) is 89.0 cm³/mol. The number of halogens is 2. The second-order valence-corrected chi connectivity index (χ2v) is 6.69. The molecule has 1 saturated heterocycles. The molecule has 0 saturated carbocycles. The third-order valence-electron chi connectivity index (χ3n) is 3.66. The largest absolute Gasteiger partial charge is 0.493 e. The summed E-state index contributed by atoms with van der Waals surface area (Å²) in [5, 5.41) is 7.79. The number of rotatable bonds is 5. The minimum Gasteiger partial charge on any atom is -0.493 e. The van der Waals surface area contributed by atoms with Gasteiger partial charge in [0, 0.05) is 17.1 Å². The van der Waals surface area contributed by atoms with E-state index in [1.807, 2.05) is 12.1 Å². The molecule has 1 fully saturated rings. The van der Waals surface area contributed by atoms with E-state index in [9.17, 15) is 0 Å². The van der Waals surface area contributed by atoms with Gasteiger partial charge in [-0.1, -0.05) is 18.0 Å². The summed E-state index contributed by atoms with van der Waals surface area (Å²) in [4.78, 5) is 0. The molecule has 1 aromatic carbocycles. The predicted octanol–water partition coefficient (Wildman–Crippen LogP) is 4.44. The minimum absolute atomic E-state index is 0.366. The zero-order chi connectivity index (χ0) is 14.5. The zero-order valence-electron chi connectivity index (χ0n) is 12.0. The van der Waals surface area contributed by atoms with Crippen molar-refractivity contribution in [2.45, 2.75) is 44.7 Å². The molecule has 1 heterocycles. The Morgan fingerprint density at radius 3 is 2.95 bits per heavy atom. The Morgan fingerprint density at radius 1 is 1.50 bits per heavy atom. The lowest BCUT2D eigenvalue weighted by Crippen LogP contribution is -2.37. The van der Waals surface area contributed by atoms with E-state index in [4.69, 9.17) is 16.3 Å². The van der Waals surface area contributed by atoms with Gasteiger partial charge in [0.1, 0.15) is 0 Å². The topological polar surface area (TPSA) is 33.3 Å². The zero-order valence-corrected chi connectivity index (χ0v) is 14.4. The fourth-order valence-corrected chi connectivity index (χ4v) is 3.72. The van der Waals surface area contributed by atoms with Crippen LogP contribution < -0.4 is 15.4 Å². The van der Waals surface area contributed by atoms with E-state index in [1.165, 1.54) is 19.3 Å². The van der Waals surface area contributed by atoms with Crippen molar-refractivity contribution in [2.75, 3.05) is 19.0 Å². The van der Waals surface area contributed by atoms with Crippen LogP contribution in [0.4, 0.5) is 5.69 Å². The maximum Gasteiger partial charge on any atom is 0.156 e. The Kier molecular flexibility index (Phi) is 6.00. The van der Waals surface area contributed by atoms with Crippen LogP contribution in [0.1, 0.15) is 32.6 Å². The molecule has 112 valence electrons. The summed E-state index contributed by atoms with van der Waals surface area (Å²) < 4.78 is 6.31. The van der Waals surface area contributed by atoms with Gasteiger partial charge in [-0.15, -0.1) is 0 Å².